The quantitative estimate of drug-likeness (QED) is 0.837. The van der Waals surface area contributed by atoms with Crippen LogP contribution >= 0.6 is 0 Å². The molecule has 0 spiro atoms. The van der Waals surface area contributed by atoms with Gasteiger partial charge in [0.05, 0.1) is 6.10 Å². The van der Waals surface area contributed by atoms with Gasteiger partial charge in [0.15, 0.2) is 0 Å². The first-order chi connectivity index (χ1) is 10.9. The lowest BCUT2D eigenvalue weighted by Crippen LogP contribution is -2.41. The first-order valence-electron chi connectivity index (χ1n) is 8.23. The summed E-state index contributed by atoms with van der Waals surface area (Å²) in [4.78, 5) is 25.9. The van der Waals surface area contributed by atoms with Crippen molar-refractivity contribution in [2.24, 2.45) is 5.92 Å². The number of aliphatic hydroxyl groups excluding tert-OH is 1. The molecule has 23 heavy (non-hydrogen) atoms. The van der Waals surface area contributed by atoms with Crippen molar-refractivity contribution in [1.82, 2.24) is 4.90 Å². The summed E-state index contributed by atoms with van der Waals surface area (Å²) in [7, 11) is 1.61. The van der Waals surface area contributed by atoms with E-state index in [1.165, 1.54) is 4.90 Å². The standard InChI is InChI=1S/C18H26N2O3/c1-12(2)14-8-4-5-9-15(14)19-17(22)18(23)20(3)11-13-7-6-10-16(13)21/h4-5,8-9,12-13,16,21H,6-7,10-11H2,1-3H3,(H,19,22). The lowest BCUT2D eigenvalue weighted by Gasteiger charge is -2.23. The zero-order chi connectivity index (χ0) is 17.0. The normalized spacial score (nSPS) is 20.6. The third kappa shape index (κ3) is 4.32. The van der Waals surface area contributed by atoms with Crippen LogP contribution in [0.4, 0.5) is 5.69 Å². The fraction of sp³-hybridized carbons (Fsp3) is 0.556. The SMILES string of the molecule is CC(C)c1ccccc1NC(=O)C(=O)N(C)CC1CCCC1O. The Morgan fingerprint density at radius 2 is 2.00 bits per heavy atom. The van der Waals surface area contributed by atoms with Crippen LogP contribution < -0.4 is 5.32 Å². The lowest BCUT2D eigenvalue weighted by molar-refractivity contribution is -0.142. The van der Waals surface area contributed by atoms with Crippen molar-refractivity contribution in [2.45, 2.75) is 45.1 Å². The molecule has 2 unspecified atom stereocenters. The van der Waals surface area contributed by atoms with E-state index in [1.807, 2.05) is 32.0 Å². The molecule has 1 aliphatic carbocycles. The predicted octanol–water partition coefficient (Wildman–Crippen LogP) is 2.37. The average molecular weight is 318 g/mol. The molecule has 0 bridgehead atoms. The van der Waals surface area contributed by atoms with Crippen molar-refractivity contribution >= 4 is 17.5 Å². The summed E-state index contributed by atoms with van der Waals surface area (Å²) < 4.78 is 0. The number of hydrogen-bond acceptors (Lipinski definition) is 3. The molecule has 0 saturated heterocycles. The Morgan fingerprint density at radius 1 is 1.30 bits per heavy atom. The number of anilines is 1. The molecule has 2 rings (SSSR count). The second-order valence-corrected chi connectivity index (χ2v) is 6.64. The highest BCUT2D eigenvalue weighted by Gasteiger charge is 2.29. The third-order valence-corrected chi connectivity index (χ3v) is 4.50. The number of hydrogen-bond donors (Lipinski definition) is 2. The van der Waals surface area contributed by atoms with Crippen molar-refractivity contribution in [3.63, 3.8) is 0 Å². The van der Waals surface area contributed by atoms with Gasteiger partial charge >= 0.3 is 11.8 Å². The van der Waals surface area contributed by atoms with Gasteiger partial charge in [-0.1, -0.05) is 38.5 Å². The minimum Gasteiger partial charge on any atom is -0.393 e. The molecule has 2 N–H and O–H groups in total. The Bertz CT molecular complexity index is 571. The molecule has 1 aromatic carbocycles. The summed E-state index contributed by atoms with van der Waals surface area (Å²) in [6.07, 6.45) is 2.29. The van der Waals surface area contributed by atoms with Crippen LogP contribution in [-0.2, 0) is 9.59 Å². The number of nitrogens with one attached hydrogen (secondary N) is 1. The number of para-hydroxylation sites is 1. The van der Waals surface area contributed by atoms with Crippen LogP contribution in [0.1, 0.15) is 44.6 Å². The van der Waals surface area contributed by atoms with Gasteiger partial charge in [0.25, 0.3) is 0 Å². The number of carbonyl (C=O) groups is 2. The smallest absolute Gasteiger partial charge is 0.313 e. The van der Waals surface area contributed by atoms with E-state index in [9.17, 15) is 14.7 Å². The second kappa shape index (κ2) is 7.59. The zero-order valence-electron chi connectivity index (χ0n) is 14.1. The minimum absolute atomic E-state index is 0.0692. The Morgan fingerprint density at radius 3 is 2.61 bits per heavy atom. The number of carbonyl (C=O) groups excluding carboxylic acids is 2. The third-order valence-electron chi connectivity index (χ3n) is 4.50. The Labute approximate surface area is 137 Å². The Kier molecular flexibility index (Phi) is 5.77. The van der Waals surface area contributed by atoms with E-state index in [0.717, 1.165) is 24.8 Å². The maximum Gasteiger partial charge on any atom is 0.313 e. The van der Waals surface area contributed by atoms with Crippen molar-refractivity contribution in [1.29, 1.82) is 0 Å². The first kappa shape index (κ1) is 17.5. The van der Waals surface area contributed by atoms with Crippen LogP contribution in [0.3, 0.4) is 0 Å². The lowest BCUT2D eigenvalue weighted by atomic mass is 10.0. The van der Waals surface area contributed by atoms with Crippen LogP contribution in [0.15, 0.2) is 24.3 Å². The molecule has 5 heteroatoms. The van der Waals surface area contributed by atoms with E-state index in [4.69, 9.17) is 0 Å². The predicted molar refractivity (Wildman–Crippen MR) is 90.1 cm³/mol. The highest BCUT2D eigenvalue weighted by Crippen LogP contribution is 2.26. The molecular weight excluding hydrogens is 292 g/mol. The van der Waals surface area contributed by atoms with Crippen LogP contribution in [0.5, 0.6) is 0 Å². The van der Waals surface area contributed by atoms with Gasteiger partial charge in [-0.15, -0.1) is 0 Å². The molecule has 1 saturated carbocycles. The van der Waals surface area contributed by atoms with Gasteiger partial charge in [-0.05, 0) is 30.4 Å². The monoisotopic (exact) mass is 318 g/mol. The molecule has 0 heterocycles. The fourth-order valence-corrected chi connectivity index (χ4v) is 3.13. The van der Waals surface area contributed by atoms with Crippen LogP contribution in [0, 0.1) is 5.92 Å². The van der Waals surface area contributed by atoms with Crippen molar-refractivity contribution < 1.29 is 14.7 Å². The molecule has 2 amide bonds. The molecule has 1 aromatic rings. The number of likely N-dealkylation sites (N-methyl/N-ethyl adjacent to an activating group) is 1. The van der Waals surface area contributed by atoms with Crippen LogP contribution in [-0.4, -0.2) is 41.5 Å². The molecular formula is C18H26N2O3. The Balaban J connectivity index is 1.98. The molecule has 0 aromatic heterocycles. The second-order valence-electron chi connectivity index (χ2n) is 6.64. The summed E-state index contributed by atoms with van der Waals surface area (Å²) in [5, 5.41) is 12.6. The largest absolute Gasteiger partial charge is 0.393 e. The highest BCUT2D eigenvalue weighted by molar-refractivity contribution is 6.39. The summed E-state index contributed by atoms with van der Waals surface area (Å²) >= 11 is 0. The van der Waals surface area contributed by atoms with E-state index in [0.29, 0.717) is 12.2 Å². The molecule has 126 valence electrons. The summed E-state index contributed by atoms with van der Waals surface area (Å²) in [6, 6.07) is 7.51. The maximum atomic E-state index is 12.3. The van der Waals surface area contributed by atoms with E-state index >= 15 is 0 Å². The first-order valence-corrected chi connectivity index (χ1v) is 8.23. The average Bonchev–Trinajstić information content (AvgIpc) is 2.91. The van der Waals surface area contributed by atoms with Crippen molar-refractivity contribution in [3.05, 3.63) is 29.8 Å². The molecule has 1 fully saturated rings. The summed E-state index contributed by atoms with van der Waals surface area (Å²) in [5.74, 6) is -0.872. The number of benzene rings is 1. The molecule has 1 aliphatic rings. The van der Waals surface area contributed by atoms with Gasteiger partial charge < -0.3 is 15.3 Å². The van der Waals surface area contributed by atoms with Gasteiger partial charge in [0.2, 0.25) is 0 Å². The van der Waals surface area contributed by atoms with Gasteiger partial charge in [0.1, 0.15) is 0 Å². The van der Waals surface area contributed by atoms with Crippen LogP contribution in [0.2, 0.25) is 0 Å². The van der Waals surface area contributed by atoms with E-state index in [-0.39, 0.29) is 17.9 Å². The van der Waals surface area contributed by atoms with E-state index in [1.54, 1.807) is 13.1 Å². The summed E-state index contributed by atoms with van der Waals surface area (Å²) in [5.41, 5.74) is 1.68. The number of nitrogens with zero attached hydrogens (tertiary/aromatic N) is 1. The maximum absolute atomic E-state index is 12.3. The van der Waals surface area contributed by atoms with Gasteiger partial charge in [-0.2, -0.15) is 0 Å². The zero-order valence-corrected chi connectivity index (χ0v) is 14.1. The van der Waals surface area contributed by atoms with Gasteiger partial charge in [-0.3, -0.25) is 9.59 Å². The molecule has 0 aliphatic heterocycles. The number of amides is 2. The topological polar surface area (TPSA) is 69.6 Å². The molecule has 2 atom stereocenters. The van der Waals surface area contributed by atoms with Gasteiger partial charge in [-0.25, -0.2) is 0 Å². The molecule has 0 radical (unpaired) electrons. The van der Waals surface area contributed by atoms with Crippen molar-refractivity contribution in [2.75, 3.05) is 18.9 Å². The van der Waals surface area contributed by atoms with Gasteiger partial charge in [0, 0.05) is 25.2 Å². The van der Waals surface area contributed by atoms with Crippen molar-refractivity contribution in [3.8, 4) is 0 Å². The number of aliphatic hydroxyl groups is 1. The Hall–Kier alpha value is -1.88. The van der Waals surface area contributed by atoms with E-state index < -0.39 is 11.8 Å². The minimum atomic E-state index is -0.631. The molecule has 5 nitrogen and oxygen atoms in total. The van der Waals surface area contributed by atoms with Crippen LogP contribution in [0.25, 0.3) is 0 Å². The number of rotatable bonds is 4. The summed E-state index contributed by atoms with van der Waals surface area (Å²) in [6.45, 7) is 4.50. The van der Waals surface area contributed by atoms with E-state index in [2.05, 4.69) is 5.32 Å². The fourth-order valence-electron chi connectivity index (χ4n) is 3.13. The highest BCUT2D eigenvalue weighted by atomic mass is 16.3.